The first kappa shape index (κ1) is 20.6. The number of hydrogen-bond donors (Lipinski definition) is 2. The smallest absolute Gasteiger partial charge is 0.327 e. The van der Waals surface area contributed by atoms with Crippen LogP contribution in [0.15, 0.2) is 4.79 Å². The molecule has 4 heterocycles. The number of aromatic amines is 1. The van der Waals surface area contributed by atoms with Crippen LogP contribution >= 0.6 is 29.9 Å². The molecule has 1 aromatic rings. The minimum absolute atomic E-state index is 0.0189. The van der Waals surface area contributed by atoms with E-state index in [0.29, 0.717) is 11.5 Å². The molecule has 156 valence electrons. The molecule has 0 radical (unpaired) electrons. The molecule has 0 aromatic carbocycles. The Morgan fingerprint density at radius 2 is 2.21 bits per heavy atom. The van der Waals surface area contributed by atoms with Crippen LogP contribution in [0.2, 0.25) is 0 Å². The fourth-order valence-corrected chi connectivity index (χ4v) is 6.89. The van der Waals surface area contributed by atoms with E-state index in [1.54, 1.807) is 16.8 Å². The molecule has 2 fully saturated rings. The highest BCUT2D eigenvalue weighted by molar-refractivity contribution is 8.07. The van der Waals surface area contributed by atoms with Crippen molar-refractivity contribution in [3.8, 4) is 0 Å². The quantitative estimate of drug-likeness (QED) is 0.496. The van der Waals surface area contributed by atoms with Gasteiger partial charge in [0.1, 0.15) is 17.9 Å². The van der Waals surface area contributed by atoms with Crippen LogP contribution in [0.1, 0.15) is 13.8 Å². The summed E-state index contributed by atoms with van der Waals surface area (Å²) < 4.78 is 21.8. The minimum Gasteiger partial charge on any atom is -0.369 e. The van der Waals surface area contributed by atoms with E-state index in [1.165, 1.54) is 0 Å². The Bertz CT molecular complexity index is 901. The van der Waals surface area contributed by atoms with Gasteiger partial charge in [-0.15, -0.1) is 0 Å². The molecule has 2 saturated heterocycles. The number of H-pyrrole nitrogens is 1. The lowest BCUT2D eigenvalue weighted by Crippen LogP contribution is -2.50. The SMILES string of the molecule is CC(C)OP1(=S)OC[C@H]2O[C@@H](N3CN(C)c4c3nc(N)[nH]c4=O)C(Cl)(Cl)[C@@H]2O1. The molecule has 0 amide bonds. The number of aromatic nitrogens is 2. The number of hydrogen-bond acceptors (Lipinski definition) is 10. The molecule has 3 N–H and O–H groups in total. The number of rotatable bonds is 3. The second-order valence-electron chi connectivity index (χ2n) is 7.06. The molecule has 3 aliphatic heterocycles. The molecule has 0 saturated carbocycles. The third-order valence-corrected chi connectivity index (χ3v) is 7.79. The van der Waals surface area contributed by atoms with Crippen molar-refractivity contribution in [2.45, 2.75) is 42.7 Å². The molecule has 4 atom stereocenters. The lowest BCUT2D eigenvalue weighted by atomic mass is 10.1. The Balaban J connectivity index is 1.66. The van der Waals surface area contributed by atoms with Crippen molar-refractivity contribution in [3.63, 3.8) is 0 Å². The molecule has 10 nitrogen and oxygen atoms in total. The van der Waals surface area contributed by atoms with Crippen LogP contribution in [0.3, 0.4) is 0 Å². The zero-order chi connectivity index (χ0) is 20.4. The molecule has 1 unspecified atom stereocenters. The van der Waals surface area contributed by atoms with Gasteiger partial charge in [-0.05, 0) is 25.7 Å². The lowest BCUT2D eigenvalue weighted by Gasteiger charge is -2.37. The van der Waals surface area contributed by atoms with Gasteiger partial charge in [0.2, 0.25) is 5.95 Å². The van der Waals surface area contributed by atoms with Crippen LogP contribution in [-0.2, 0) is 30.1 Å². The molecule has 0 bridgehead atoms. The van der Waals surface area contributed by atoms with Gasteiger partial charge in [0.25, 0.3) is 5.56 Å². The monoisotopic (exact) mass is 471 g/mol. The van der Waals surface area contributed by atoms with Crippen molar-refractivity contribution in [1.82, 2.24) is 9.97 Å². The number of nitrogens with zero attached hydrogens (tertiary/aromatic N) is 3. The standard InChI is InChI=1S/C14H20Cl2N5O5PS/c1-6(2)25-27(28)23-4-7-9(26-27)14(15,16)12(24-7)21-5-20(3)8-10(21)18-13(17)19-11(8)22/h6-7,9,12H,4-5H2,1-3H3,(H3,17,18,19,22)/t7-,9-,12-,27?/m1/s1. The fraction of sp³-hybridized carbons (Fsp3) is 0.714. The Labute approximate surface area is 176 Å². The van der Waals surface area contributed by atoms with Gasteiger partial charge in [0.15, 0.2) is 16.4 Å². The Morgan fingerprint density at radius 3 is 2.89 bits per heavy atom. The molecule has 14 heteroatoms. The largest absolute Gasteiger partial charge is 0.369 e. The fourth-order valence-electron chi connectivity index (χ4n) is 3.48. The first-order valence-corrected chi connectivity index (χ1v) is 11.9. The lowest BCUT2D eigenvalue weighted by molar-refractivity contribution is -0.0488. The second-order valence-corrected chi connectivity index (χ2v) is 11.4. The zero-order valence-electron chi connectivity index (χ0n) is 15.3. The second kappa shape index (κ2) is 6.95. The van der Waals surface area contributed by atoms with Crippen LogP contribution in [0.5, 0.6) is 0 Å². The maximum absolute atomic E-state index is 12.3. The van der Waals surface area contributed by atoms with Crippen molar-refractivity contribution >= 4 is 59.2 Å². The van der Waals surface area contributed by atoms with E-state index in [2.05, 4.69) is 9.97 Å². The Morgan fingerprint density at radius 1 is 1.50 bits per heavy atom. The summed E-state index contributed by atoms with van der Waals surface area (Å²) in [4.78, 5) is 22.4. The predicted molar refractivity (Wildman–Crippen MR) is 109 cm³/mol. The molecule has 3 aliphatic rings. The average Bonchev–Trinajstić information content (AvgIpc) is 3.01. The predicted octanol–water partition coefficient (Wildman–Crippen LogP) is 1.53. The van der Waals surface area contributed by atoms with Gasteiger partial charge in [-0.3, -0.25) is 14.3 Å². The highest BCUT2D eigenvalue weighted by Crippen LogP contribution is 2.61. The van der Waals surface area contributed by atoms with Gasteiger partial charge in [-0.25, -0.2) is 0 Å². The third kappa shape index (κ3) is 3.31. The Kier molecular flexibility index (Phi) is 5.12. The number of ether oxygens (including phenoxy) is 1. The molecule has 28 heavy (non-hydrogen) atoms. The molecule has 0 aliphatic carbocycles. The molecular weight excluding hydrogens is 452 g/mol. The van der Waals surface area contributed by atoms with E-state index in [4.69, 9.17) is 59.1 Å². The summed E-state index contributed by atoms with van der Waals surface area (Å²) in [5, 5.41) is 0. The van der Waals surface area contributed by atoms with Crippen molar-refractivity contribution in [2.75, 3.05) is 35.9 Å². The van der Waals surface area contributed by atoms with Gasteiger partial charge in [-0.1, -0.05) is 23.2 Å². The topological polar surface area (TPSA) is 115 Å². The number of halogens is 2. The normalized spacial score (nSPS) is 34.0. The van der Waals surface area contributed by atoms with Crippen molar-refractivity contribution in [2.24, 2.45) is 0 Å². The van der Waals surface area contributed by atoms with Crippen LogP contribution < -0.4 is 21.1 Å². The highest BCUT2D eigenvalue weighted by Gasteiger charge is 2.62. The van der Waals surface area contributed by atoms with E-state index in [9.17, 15) is 4.79 Å². The molecule has 1 aromatic heterocycles. The summed E-state index contributed by atoms with van der Waals surface area (Å²) in [5.41, 5.74) is 5.70. The minimum atomic E-state index is -3.01. The van der Waals surface area contributed by atoms with Gasteiger partial charge in [-0.2, -0.15) is 4.98 Å². The summed E-state index contributed by atoms with van der Waals surface area (Å²) in [6, 6.07) is 0. The van der Waals surface area contributed by atoms with Crippen LogP contribution in [0.25, 0.3) is 0 Å². The molecule has 4 rings (SSSR count). The summed E-state index contributed by atoms with van der Waals surface area (Å²) in [6.45, 7) is 1.07. The molecular formula is C14H20Cl2N5O5PS. The molecule has 0 spiro atoms. The number of alkyl halides is 2. The van der Waals surface area contributed by atoms with Crippen LogP contribution in [0, 0.1) is 0 Å². The first-order chi connectivity index (χ1) is 13.0. The Hall–Kier alpha value is -0.650. The summed E-state index contributed by atoms with van der Waals surface area (Å²) in [6.07, 6.45) is -2.38. The summed E-state index contributed by atoms with van der Waals surface area (Å²) >= 11 is 18.9. The summed E-state index contributed by atoms with van der Waals surface area (Å²) in [5.74, 6) is 0.312. The van der Waals surface area contributed by atoms with Gasteiger partial charge in [0, 0.05) is 7.05 Å². The van der Waals surface area contributed by atoms with Gasteiger partial charge >= 0.3 is 6.72 Å². The van der Waals surface area contributed by atoms with Crippen molar-refractivity contribution in [3.05, 3.63) is 10.4 Å². The zero-order valence-corrected chi connectivity index (χ0v) is 18.5. The van der Waals surface area contributed by atoms with E-state index in [1.807, 2.05) is 13.8 Å². The number of anilines is 3. The van der Waals surface area contributed by atoms with E-state index in [-0.39, 0.29) is 30.9 Å². The number of nitrogens with one attached hydrogen (secondary N) is 1. The maximum Gasteiger partial charge on any atom is 0.327 e. The average molecular weight is 472 g/mol. The van der Waals surface area contributed by atoms with Gasteiger partial charge < -0.3 is 29.3 Å². The van der Waals surface area contributed by atoms with E-state index < -0.39 is 29.5 Å². The van der Waals surface area contributed by atoms with Crippen molar-refractivity contribution in [1.29, 1.82) is 0 Å². The number of fused-ring (bicyclic) bond motifs is 2. The van der Waals surface area contributed by atoms with Crippen molar-refractivity contribution < 1.29 is 18.3 Å². The third-order valence-electron chi connectivity index (χ3n) is 4.53. The van der Waals surface area contributed by atoms with Crippen LogP contribution in [0.4, 0.5) is 17.5 Å². The first-order valence-electron chi connectivity index (χ1n) is 8.54. The highest BCUT2D eigenvalue weighted by atomic mass is 35.5. The van der Waals surface area contributed by atoms with Gasteiger partial charge in [0.05, 0.1) is 19.4 Å². The van der Waals surface area contributed by atoms with E-state index in [0.717, 1.165) is 0 Å². The van der Waals surface area contributed by atoms with Crippen LogP contribution in [-0.4, -0.2) is 59.2 Å². The summed E-state index contributed by atoms with van der Waals surface area (Å²) in [7, 11) is 1.74. The number of nitrogen functional groups attached to an aromatic ring is 1. The van der Waals surface area contributed by atoms with E-state index >= 15 is 0 Å². The number of nitrogens with two attached hydrogens (primary N) is 1. The maximum atomic E-state index is 12.3.